The summed E-state index contributed by atoms with van der Waals surface area (Å²) in [5.41, 5.74) is 14.2. The smallest absolute Gasteiger partial charge is 0.244 e. The highest BCUT2D eigenvalue weighted by Crippen LogP contribution is 2.39. The summed E-state index contributed by atoms with van der Waals surface area (Å²) < 4.78 is 5.29. The van der Waals surface area contributed by atoms with Gasteiger partial charge in [0, 0.05) is 20.1 Å². The van der Waals surface area contributed by atoms with Crippen molar-refractivity contribution >= 4 is 17.8 Å². The van der Waals surface area contributed by atoms with E-state index < -0.39 is 11.1 Å². The number of benzene rings is 2. The number of nitrogens with zero attached hydrogens (tertiary/aromatic N) is 3. The van der Waals surface area contributed by atoms with Crippen molar-refractivity contribution in [3.8, 4) is 16.9 Å². The van der Waals surface area contributed by atoms with E-state index in [9.17, 15) is 9.59 Å². The lowest BCUT2D eigenvalue weighted by Gasteiger charge is -2.37. The molecule has 0 radical (unpaired) electrons. The predicted molar refractivity (Wildman–Crippen MR) is 208 cm³/mol. The van der Waals surface area contributed by atoms with Gasteiger partial charge in [-0.1, -0.05) is 75.3 Å². The minimum Gasteiger partial charge on any atom is -0.497 e. The molecular weight excluding hydrogens is 651 g/mol. The number of carbonyl (C=O) groups is 2. The normalized spacial score (nSPS) is 29.8. The van der Waals surface area contributed by atoms with Crippen molar-refractivity contribution in [1.29, 1.82) is 0 Å². The summed E-state index contributed by atoms with van der Waals surface area (Å²) in [6.07, 6.45) is 17.8. The average molecular weight is 714 g/mol. The van der Waals surface area contributed by atoms with E-state index >= 15 is 0 Å². The minimum absolute atomic E-state index is 0.0308. The topological polar surface area (TPSA) is 138 Å². The third-order valence-corrected chi connectivity index (χ3v) is 12.5. The summed E-state index contributed by atoms with van der Waals surface area (Å²) in [5, 5.41) is 7.39. The van der Waals surface area contributed by atoms with Crippen molar-refractivity contribution in [1.82, 2.24) is 20.4 Å². The molecule has 2 aliphatic heterocycles. The van der Waals surface area contributed by atoms with E-state index in [2.05, 4.69) is 21.7 Å². The molecule has 10 heteroatoms. The Morgan fingerprint density at radius 2 is 1.63 bits per heavy atom. The van der Waals surface area contributed by atoms with Crippen LogP contribution in [0.5, 0.6) is 5.75 Å². The summed E-state index contributed by atoms with van der Waals surface area (Å²) in [6.45, 7) is 3.14. The van der Waals surface area contributed by atoms with Crippen LogP contribution in [0.3, 0.4) is 0 Å². The Balaban J connectivity index is 0.000000181. The molecule has 3 saturated carbocycles. The van der Waals surface area contributed by atoms with Crippen molar-refractivity contribution in [2.45, 2.75) is 127 Å². The Morgan fingerprint density at radius 3 is 2.31 bits per heavy atom. The van der Waals surface area contributed by atoms with Crippen LogP contribution in [0.4, 0.5) is 0 Å². The zero-order chi connectivity index (χ0) is 36.9. The van der Waals surface area contributed by atoms with Crippen LogP contribution in [-0.4, -0.2) is 73.2 Å². The molecular formula is C42H63N7O3. The quantitative estimate of drug-likeness (QED) is 0.221. The van der Waals surface area contributed by atoms with Crippen LogP contribution in [0, 0.1) is 17.8 Å². The first kappa shape index (κ1) is 38.3. The highest BCUT2D eigenvalue weighted by atomic mass is 16.5. The number of rotatable bonds is 11. The Kier molecular flexibility index (Phi) is 12.3. The first-order valence-corrected chi connectivity index (χ1v) is 19.9. The Bertz CT molecular complexity index is 1570. The first-order valence-electron chi connectivity index (χ1n) is 19.9. The maximum atomic E-state index is 13.3. The summed E-state index contributed by atoms with van der Waals surface area (Å²) in [7, 11) is 5.16. The molecule has 2 amide bonds. The minimum atomic E-state index is -0.650. The zero-order valence-electron chi connectivity index (χ0n) is 32.0. The van der Waals surface area contributed by atoms with Gasteiger partial charge in [-0.05, 0) is 111 Å². The Hall–Kier alpha value is -3.47. The highest BCUT2D eigenvalue weighted by Gasteiger charge is 2.50. The second kappa shape index (κ2) is 16.7. The molecule has 10 nitrogen and oxygen atoms in total. The van der Waals surface area contributed by atoms with E-state index in [1.54, 1.807) is 19.1 Å². The fraction of sp³-hybridized carbons (Fsp3) is 0.643. The lowest BCUT2D eigenvalue weighted by molar-refractivity contribution is -0.133. The molecule has 2 aromatic rings. The summed E-state index contributed by atoms with van der Waals surface area (Å²) in [4.78, 5) is 33.1. The van der Waals surface area contributed by atoms with E-state index in [1.807, 2.05) is 56.4 Å². The Labute approximate surface area is 311 Å². The molecule has 0 spiro atoms. The van der Waals surface area contributed by atoms with Gasteiger partial charge in [0.25, 0.3) is 0 Å². The number of amides is 2. The van der Waals surface area contributed by atoms with Crippen LogP contribution < -0.4 is 26.8 Å². The van der Waals surface area contributed by atoms with Gasteiger partial charge in [-0.15, -0.1) is 0 Å². The number of nitrogens with one attached hydrogen (secondary N) is 2. The number of likely N-dealkylation sites (N-methyl/N-ethyl adjacent to an activating group) is 1. The number of hydrogen-bond acceptors (Lipinski definition) is 8. The molecule has 1 unspecified atom stereocenters. The van der Waals surface area contributed by atoms with Gasteiger partial charge in [0.15, 0.2) is 5.96 Å². The molecule has 2 aromatic carbocycles. The molecule has 2 heterocycles. The van der Waals surface area contributed by atoms with E-state index in [0.717, 1.165) is 47.1 Å². The highest BCUT2D eigenvalue weighted by molar-refractivity contribution is 5.98. The van der Waals surface area contributed by atoms with Gasteiger partial charge in [-0.25, -0.2) is 4.99 Å². The Morgan fingerprint density at radius 1 is 0.923 bits per heavy atom. The van der Waals surface area contributed by atoms with Crippen LogP contribution in [-0.2, 0) is 15.1 Å². The second-order valence-electron chi connectivity index (χ2n) is 16.6. The van der Waals surface area contributed by atoms with Gasteiger partial charge in [-0.3, -0.25) is 25.5 Å². The maximum Gasteiger partial charge on any atom is 0.244 e. The van der Waals surface area contributed by atoms with E-state index in [1.165, 1.54) is 88.5 Å². The molecule has 0 bridgehead atoms. The lowest BCUT2D eigenvalue weighted by Crippen LogP contribution is -2.51. The monoisotopic (exact) mass is 713 g/mol. The summed E-state index contributed by atoms with van der Waals surface area (Å²) in [6, 6.07) is 16.6. The SMILES string of the molecule is CN1C(=O)[C@@](CCC2CCCCC2)(C[C@H]2CCC[C@@H](NCC3CC3)C2)NC1N.COc1cccc(-c2cccc([C@]3(C)CC(=O)N(C)C(N)=N3)c2)c1. The first-order chi connectivity index (χ1) is 25.0. The molecule has 7 rings (SSSR count). The molecule has 5 atom stereocenters. The van der Waals surface area contributed by atoms with Gasteiger partial charge >= 0.3 is 0 Å². The van der Waals surface area contributed by atoms with Crippen LogP contribution in [0.25, 0.3) is 11.1 Å². The predicted octanol–water partition coefficient (Wildman–Crippen LogP) is 6.09. The number of nitrogens with two attached hydrogens (primary N) is 2. The van der Waals surface area contributed by atoms with Crippen LogP contribution in [0.15, 0.2) is 53.5 Å². The summed E-state index contributed by atoms with van der Waals surface area (Å²) >= 11 is 0. The van der Waals surface area contributed by atoms with Crippen LogP contribution >= 0.6 is 0 Å². The standard InChI is InChI=1S/C23H42N4O.C19H21N3O2/c1-27-21(28)23(26-22(27)24,13-12-17-6-3-2-4-7-17)15-19-8-5-9-20(14-19)25-16-18-10-11-18;1-19(12-17(23)22(2)18(20)21-19)15-8-4-6-13(10-15)14-7-5-9-16(11-14)24-3/h17-20,22,25-26H,2-16,24H2,1H3;4-11H,12H2,1-3H3,(H2,20,21)/t19-,20+,22?,23+;19-/m00/s1. The van der Waals surface area contributed by atoms with Crippen molar-refractivity contribution < 1.29 is 14.3 Å². The number of aliphatic imine (C=N–C) groups is 1. The van der Waals surface area contributed by atoms with Gasteiger partial charge in [0.2, 0.25) is 11.8 Å². The fourth-order valence-electron chi connectivity index (χ4n) is 8.98. The largest absolute Gasteiger partial charge is 0.497 e. The molecule has 0 aromatic heterocycles. The summed E-state index contributed by atoms with van der Waals surface area (Å²) in [5.74, 6) is 3.64. The van der Waals surface area contributed by atoms with Crippen molar-refractivity contribution in [3.63, 3.8) is 0 Å². The number of hydrogen-bond donors (Lipinski definition) is 4. The van der Waals surface area contributed by atoms with Gasteiger partial charge in [-0.2, -0.15) is 0 Å². The molecule has 52 heavy (non-hydrogen) atoms. The van der Waals surface area contributed by atoms with Crippen LogP contribution in [0.2, 0.25) is 0 Å². The number of ether oxygens (including phenoxy) is 1. The number of methoxy groups -OCH3 is 1. The molecule has 284 valence electrons. The van der Waals surface area contributed by atoms with E-state index in [4.69, 9.17) is 16.2 Å². The third-order valence-electron chi connectivity index (χ3n) is 12.5. The third kappa shape index (κ3) is 9.18. The second-order valence-corrected chi connectivity index (χ2v) is 16.6. The van der Waals surface area contributed by atoms with Gasteiger partial charge in [0.05, 0.1) is 19.1 Å². The van der Waals surface area contributed by atoms with E-state index in [0.29, 0.717) is 18.4 Å². The lowest BCUT2D eigenvalue weighted by atomic mass is 9.74. The van der Waals surface area contributed by atoms with Crippen molar-refractivity contribution in [2.24, 2.45) is 34.2 Å². The maximum absolute atomic E-state index is 13.3. The van der Waals surface area contributed by atoms with E-state index in [-0.39, 0.29) is 24.1 Å². The van der Waals surface area contributed by atoms with Crippen LogP contribution in [0.1, 0.15) is 109 Å². The molecule has 1 saturated heterocycles. The fourth-order valence-corrected chi connectivity index (χ4v) is 8.98. The molecule has 6 N–H and O–H groups in total. The van der Waals surface area contributed by atoms with Crippen molar-refractivity contribution in [2.75, 3.05) is 27.7 Å². The van der Waals surface area contributed by atoms with Gasteiger partial charge in [0.1, 0.15) is 17.6 Å². The molecule has 5 aliphatic rings. The average Bonchev–Trinajstić information content (AvgIpc) is 3.97. The van der Waals surface area contributed by atoms with Crippen molar-refractivity contribution in [3.05, 3.63) is 54.1 Å². The molecule has 4 fully saturated rings. The number of guanidine groups is 1. The molecule has 3 aliphatic carbocycles. The van der Waals surface area contributed by atoms with Gasteiger partial charge < -0.3 is 20.7 Å². The zero-order valence-corrected chi connectivity index (χ0v) is 32.0. The number of carbonyl (C=O) groups excluding carboxylic acids is 2.